The second kappa shape index (κ2) is 7.41. The Labute approximate surface area is 133 Å². The number of nitrogens with one attached hydrogen (secondary N) is 1. The summed E-state index contributed by atoms with van der Waals surface area (Å²) >= 11 is 0. The SMILES string of the molecule is COc1cccc(C(CNS(=O)(=O)N(C)C)N2CCCC2)c1. The first-order chi connectivity index (χ1) is 10.4. The van der Waals surface area contributed by atoms with E-state index in [1.165, 1.54) is 18.4 Å². The van der Waals surface area contributed by atoms with E-state index in [0.29, 0.717) is 6.54 Å². The lowest BCUT2D eigenvalue weighted by Gasteiger charge is -2.29. The molecule has 1 unspecified atom stereocenters. The maximum atomic E-state index is 12.0. The molecular weight excluding hydrogens is 302 g/mol. The van der Waals surface area contributed by atoms with Crippen molar-refractivity contribution in [2.75, 3.05) is 40.8 Å². The molecule has 2 rings (SSSR count). The number of rotatable bonds is 7. The van der Waals surface area contributed by atoms with Crippen molar-refractivity contribution in [1.29, 1.82) is 0 Å². The molecule has 0 saturated carbocycles. The number of nitrogens with zero attached hydrogens (tertiary/aromatic N) is 2. The summed E-state index contributed by atoms with van der Waals surface area (Å²) in [5.74, 6) is 0.789. The molecule has 0 radical (unpaired) electrons. The fourth-order valence-corrected chi connectivity index (χ4v) is 3.30. The first-order valence-corrected chi connectivity index (χ1v) is 8.93. The summed E-state index contributed by atoms with van der Waals surface area (Å²) in [7, 11) is 1.27. The van der Waals surface area contributed by atoms with E-state index < -0.39 is 10.2 Å². The van der Waals surface area contributed by atoms with Gasteiger partial charge in [0.2, 0.25) is 0 Å². The zero-order valence-corrected chi connectivity index (χ0v) is 14.3. The summed E-state index contributed by atoms with van der Waals surface area (Å²) < 4.78 is 33.1. The molecule has 1 fully saturated rings. The average Bonchev–Trinajstić information content (AvgIpc) is 3.01. The third kappa shape index (κ3) is 4.19. The third-order valence-electron chi connectivity index (χ3n) is 4.00. The molecule has 7 heteroatoms. The molecule has 22 heavy (non-hydrogen) atoms. The second-order valence-corrected chi connectivity index (χ2v) is 7.64. The maximum absolute atomic E-state index is 12.0. The Morgan fingerprint density at radius 1 is 1.32 bits per heavy atom. The van der Waals surface area contributed by atoms with Crippen LogP contribution in [-0.2, 0) is 10.2 Å². The molecule has 1 atom stereocenters. The molecule has 0 aliphatic carbocycles. The minimum atomic E-state index is -3.42. The monoisotopic (exact) mass is 327 g/mol. The molecule has 1 aliphatic heterocycles. The predicted octanol–water partition coefficient (Wildman–Crippen LogP) is 1.23. The molecule has 1 saturated heterocycles. The number of likely N-dealkylation sites (tertiary alicyclic amines) is 1. The van der Waals surface area contributed by atoms with Gasteiger partial charge in [0.1, 0.15) is 5.75 Å². The number of ether oxygens (including phenoxy) is 1. The van der Waals surface area contributed by atoms with Crippen LogP contribution in [0.3, 0.4) is 0 Å². The minimum absolute atomic E-state index is 0.0207. The van der Waals surface area contributed by atoms with Crippen LogP contribution in [0.15, 0.2) is 24.3 Å². The summed E-state index contributed by atoms with van der Waals surface area (Å²) in [6.07, 6.45) is 2.31. The van der Waals surface area contributed by atoms with Gasteiger partial charge in [-0.3, -0.25) is 4.90 Å². The summed E-state index contributed by atoms with van der Waals surface area (Å²) in [5.41, 5.74) is 1.07. The highest BCUT2D eigenvalue weighted by Gasteiger charge is 2.25. The Morgan fingerprint density at radius 2 is 2.00 bits per heavy atom. The molecule has 0 spiro atoms. The average molecular weight is 327 g/mol. The van der Waals surface area contributed by atoms with Gasteiger partial charge in [0, 0.05) is 26.7 Å². The summed E-state index contributed by atoms with van der Waals surface area (Å²) in [6, 6.07) is 7.86. The molecule has 6 nitrogen and oxygen atoms in total. The number of benzene rings is 1. The first kappa shape index (κ1) is 17.2. The topological polar surface area (TPSA) is 61.9 Å². The standard InChI is InChI=1S/C15H25N3O3S/c1-17(2)22(19,20)16-12-15(18-9-4-5-10-18)13-7-6-8-14(11-13)21-3/h6-8,11,15-16H,4-5,9-10,12H2,1-3H3. The predicted molar refractivity (Wildman–Crippen MR) is 87.2 cm³/mol. The van der Waals surface area contributed by atoms with Crippen molar-refractivity contribution in [2.24, 2.45) is 0 Å². The van der Waals surface area contributed by atoms with E-state index in [0.717, 1.165) is 37.2 Å². The van der Waals surface area contributed by atoms with Crippen molar-refractivity contribution in [3.8, 4) is 5.75 Å². The van der Waals surface area contributed by atoms with Gasteiger partial charge < -0.3 is 4.74 Å². The lowest BCUT2D eigenvalue weighted by Crippen LogP contribution is -2.41. The Bertz CT molecular complexity index is 583. The summed E-state index contributed by atoms with van der Waals surface area (Å²) in [6.45, 7) is 2.34. The van der Waals surface area contributed by atoms with Crippen LogP contribution in [0.5, 0.6) is 5.75 Å². The van der Waals surface area contributed by atoms with Crippen molar-refractivity contribution in [3.63, 3.8) is 0 Å². The van der Waals surface area contributed by atoms with E-state index in [1.54, 1.807) is 7.11 Å². The Balaban J connectivity index is 2.19. The molecule has 1 aliphatic rings. The Hall–Kier alpha value is -1.15. The van der Waals surface area contributed by atoms with Gasteiger partial charge in [0.15, 0.2) is 0 Å². The Morgan fingerprint density at radius 3 is 2.59 bits per heavy atom. The van der Waals surface area contributed by atoms with Crippen LogP contribution in [0.25, 0.3) is 0 Å². The number of hydrogen-bond donors (Lipinski definition) is 1. The second-order valence-electron chi connectivity index (χ2n) is 5.67. The van der Waals surface area contributed by atoms with Gasteiger partial charge in [0.05, 0.1) is 7.11 Å². The highest BCUT2D eigenvalue weighted by atomic mass is 32.2. The fraction of sp³-hybridized carbons (Fsp3) is 0.600. The lowest BCUT2D eigenvalue weighted by atomic mass is 10.1. The lowest BCUT2D eigenvalue weighted by molar-refractivity contribution is 0.245. The molecule has 0 aromatic heterocycles. The minimum Gasteiger partial charge on any atom is -0.497 e. The Kier molecular flexibility index (Phi) is 5.80. The molecule has 124 valence electrons. The van der Waals surface area contributed by atoms with E-state index in [-0.39, 0.29) is 6.04 Å². The van der Waals surface area contributed by atoms with Crippen LogP contribution >= 0.6 is 0 Å². The first-order valence-electron chi connectivity index (χ1n) is 7.49. The van der Waals surface area contributed by atoms with Crippen molar-refractivity contribution in [3.05, 3.63) is 29.8 Å². The molecule has 1 N–H and O–H groups in total. The van der Waals surface area contributed by atoms with Crippen LogP contribution < -0.4 is 9.46 Å². The third-order valence-corrected chi connectivity index (χ3v) is 5.49. The smallest absolute Gasteiger partial charge is 0.278 e. The molecule has 1 aromatic carbocycles. The van der Waals surface area contributed by atoms with Crippen molar-refractivity contribution < 1.29 is 13.2 Å². The number of methoxy groups -OCH3 is 1. The van der Waals surface area contributed by atoms with Gasteiger partial charge in [-0.1, -0.05) is 12.1 Å². The van der Waals surface area contributed by atoms with E-state index in [1.807, 2.05) is 24.3 Å². The van der Waals surface area contributed by atoms with Gasteiger partial charge >= 0.3 is 0 Å². The van der Waals surface area contributed by atoms with Crippen LogP contribution in [-0.4, -0.2) is 58.5 Å². The molecule has 0 bridgehead atoms. The van der Waals surface area contributed by atoms with Gasteiger partial charge in [0.25, 0.3) is 10.2 Å². The quantitative estimate of drug-likeness (QED) is 0.818. The van der Waals surface area contributed by atoms with Crippen LogP contribution in [0.2, 0.25) is 0 Å². The number of hydrogen-bond acceptors (Lipinski definition) is 4. The van der Waals surface area contributed by atoms with Crippen molar-refractivity contribution in [2.45, 2.75) is 18.9 Å². The van der Waals surface area contributed by atoms with E-state index in [4.69, 9.17) is 4.74 Å². The summed E-state index contributed by atoms with van der Waals surface area (Å²) in [5, 5.41) is 0. The van der Waals surface area contributed by atoms with Gasteiger partial charge in [-0.25, -0.2) is 4.72 Å². The van der Waals surface area contributed by atoms with Gasteiger partial charge in [-0.15, -0.1) is 0 Å². The van der Waals surface area contributed by atoms with Crippen LogP contribution in [0.4, 0.5) is 0 Å². The molecule has 1 heterocycles. The zero-order valence-electron chi connectivity index (χ0n) is 13.4. The van der Waals surface area contributed by atoms with E-state index >= 15 is 0 Å². The summed E-state index contributed by atoms with van der Waals surface area (Å²) in [4.78, 5) is 2.33. The van der Waals surface area contributed by atoms with Gasteiger partial charge in [-0.2, -0.15) is 12.7 Å². The normalized spacial score (nSPS) is 17.8. The zero-order chi connectivity index (χ0) is 16.2. The van der Waals surface area contributed by atoms with Crippen LogP contribution in [0, 0.1) is 0 Å². The highest BCUT2D eigenvalue weighted by Crippen LogP contribution is 2.27. The van der Waals surface area contributed by atoms with Crippen molar-refractivity contribution in [1.82, 2.24) is 13.9 Å². The van der Waals surface area contributed by atoms with Crippen molar-refractivity contribution >= 4 is 10.2 Å². The highest BCUT2D eigenvalue weighted by molar-refractivity contribution is 7.87. The molecule has 0 amide bonds. The largest absolute Gasteiger partial charge is 0.497 e. The van der Waals surface area contributed by atoms with E-state index in [2.05, 4.69) is 9.62 Å². The maximum Gasteiger partial charge on any atom is 0.278 e. The molecule has 1 aromatic rings. The van der Waals surface area contributed by atoms with Crippen LogP contribution in [0.1, 0.15) is 24.4 Å². The molecular formula is C15H25N3O3S. The fourth-order valence-electron chi connectivity index (χ4n) is 2.67. The van der Waals surface area contributed by atoms with E-state index in [9.17, 15) is 8.42 Å². The van der Waals surface area contributed by atoms with Gasteiger partial charge in [-0.05, 0) is 43.6 Å².